The number of thioether (sulfide) groups is 1. The number of nitrogens with one attached hydrogen (secondary N) is 2. The van der Waals surface area contributed by atoms with Gasteiger partial charge in [0, 0.05) is 15.6 Å². The van der Waals surface area contributed by atoms with E-state index in [1.165, 1.54) is 11.8 Å². The number of halogens is 1. The molecule has 0 aliphatic heterocycles. The van der Waals surface area contributed by atoms with Crippen molar-refractivity contribution in [1.29, 1.82) is 5.26 Å². The molecule has 0 saturated carbocycles. The van der Waals surface area contributed by atoms with Crippen LogP contribution in [0.1, 0.15) is 34.5 Å². The first-order valence-electron chi connectivity index (χ1n) is 9.54. The molecular formula is C24H20ClN3O2S. The molecule has 0 aliphatic rings. The van der Waals surface area contributed by atoms with Gasteiger partial charge in [0.2, 0.25) is 5.91 Å². The van der Waals surface area contributed by atoms with Crippen molar-refractivity contribution in [2.75, 3.05) is 11.1 Å². The minimum Gasteiger partial charge on any atom is -0.345 e. The topological polar surface area (TPSA) is 82.0 Å². The lowest BCUT2D eigenvalue weighted by atomic mass is 10.1. The number of benzene rings is 3. The molecule has 1 atom stereocenters. The summed E-state index contributed by atoms with van der Waals surface area (Å²) in [6.07, 6.45) is 0. The van der Waals surface area contributed by atoms with Crippen molar-refractivity contribution >= 4 is 40.9 Å². The van der Waals surface area contributed by atoms with E-state index in [0.29, 0.717) is 26.7 Å². The average Bonchev–Trinajstić information content (AvgIpc) is 2.78. The predicted molar refractivity (Wildman–Crippen MR) is 124 cm³/mol. The SMILES string of the molecule is CC(NC(=O)c1ccccc1SCC(=O)Nc1cccc(C#N)c1)c1ccc(Cl)cc1. The van der Waals surface area contributed by atoms with Gasteiger partial charge in [-0.1, -0.05) is 41.9 Å². The van der Waals surface area contributed by atoms with Gasteiger partial charge in [0.25, 0.3) is 5.91 Å². The smallest absolute Gasteiger partial charge is 0.252 e. The summed E-state index contributed by atoms with van der Waals surface area (Å²) in [5, 5.41) is 15.4. The molecule has 3 aromatic rings. The summed E-state index contributed by atoms with van der Waals surface area (Å²) in [5.74, 6) is -0.300. The first-order chi connectivity index (χ1) is 15.0. The number of amides is 2. The summed E-state index contributed by atoms with van der Waals surface area (Å²) in [5.41, 5.74) is 2.49. The Morgan fingerprint density at radius 2 is 1.81 bits per heavy atom. The van der Waals surface area contributed by atoms with E-state index < -0.39 is 0 Å². The Hall–Kier alpha value is -3.27. The van der Waals surface area contributed by atoms with Crippen molar-refractivity contribution in [3.63, 3.8) is 0 Å². The van der Waals surface area contributed by atoms with Gasteiger partial charge >= 0.3 is 0 Å². The van der Waals surface area contributed by atoms with Crippen molar-refractivity contribution < 1.29 is 9.59 Å². The summed E-state index contributed by atoms with van der Waals surface area (Å²) in [6.45, 7) is 1.90. The Kier molecular flexibility index (Phi) is 7.71. The molecule has 0 radical (unpaired) electrons. The average molecular weight is 450 g/mol. The number of hydrogen-bond acceptors (Lipinski definition) is 4. The van der Waals surface area contributed by atoms with Crippen LogP contribution in [-0.2, 0) is 4.79 Å². The summed E-state index contributed by atoms with van der Waals surface area (Å²) < 4.78 is 0. The highest BCUT2D eigenvalue weighted by Gasteiger charge is 2.16. The molecule has 0 bridgehead atoms. The quantitative estimate of drug-likeness (QED) is 0.471. The lowest BCUT2D eigenvalue weighted by Gasteiger charge is -2.16. The number of anilines is 1. The molecule has 5 nitrogen and oxygen atoms in total. The van der Waals surface area contributed by atoms with Gasteiger partial charge in [-0.25, -0.2) is 0 Å². The lowest BCUT2D eigenvalue weighted by molar-refractivity contribution is -0.113. The molecule has 0 aliphatic carbocycles. The van der Waals surface area contributed by atoms with Crippen LogP contribution in [0, 0.1) is 11.3 Å². The molecule has 31 heavy (non-hydrogen) atoms. The fraction of sp³-hybridized carbons (Fsp3) is 0.125. The highest BCUT2D eigenvalue weighted by molar-refractivity contribution is 8.00. The first-order valence-corrected chi connectivity index (χ1v) is 10.9. The maximum Gasteiger partial charge on any atom is 0.252 e. The molecule has 3 aromatic carbocycles. The second-order valence-electron chi connectivity index (χ2n) is 6.77. The van der Waals surface area contributed by atoms with E-state index in [9.17, 15) is 9.59 Å². The number of hydrogen-bond donors (Lipinski definition) is 2. The Bertz CT molecular complexity index is 1130. The normalized spacial score (nSPS) is 11.3. The maximum atomic E-state index is 12.8. The third-order valence-corrected chi connectivity index (χ3v) is 5.81. The van der Waals surface area contributed by atoms with Gasteiger partial charge in [-0.2, -0.15) is 5.26 Å². The van der Waals surface area contributed by atoms with E-state index >= 15 is 0 Å². The van der Waals surface area contributed by atoms with E-state index in [-0.39, 0.29) is 23.6 Å². The fourth-order valence-electron chi connectivity index (χ4n) is 2.90. The lowest BCUT2D eigenvalue weighted by Crippen LogP contribution is -2.27. The molecular weight excluding hydrogens is 430 g/mol. The van der Waals surface area contributed by atoms with Crippen LogP contribution >= 0.6 is 23.4 Å². The van der Waals surface area contributed by atoms with Crippen LogP contribution in [-0.4, -0.2) is 17.6 Å². The second-order valence-corrected chi connectivity index (χ2v) is 8.23. The van der Waals surface area contributed by atoms with Gasteiger partial charge in [0.15, 0.2) is 0 Å². The molecule has 7 heteroatoms. The highest BCUT2D eigenvalue weighted by atomic mass is 35.5. The van der Waals surface area contributed by atoms with Gasteiger partial charge in [-0.3, -0.25) is 9.59 Å². The van der Waals surface area contributed by atoms with E-state index in [0.717, 1.165) is 5.56 Å². The standard InChI is InChI=1S/C24H20ClN3O2S/c1-16(18-9-11-19(25)12-10-18)27-24(30)21-7-2-3-8-22(21)31-15-23(29)28-20-6-4-5-17(13-20)14-26/h2-13,16H,15H2,1H3,(H,27,30)(H,28,29). The largest absolute Gasteiger partial charge is 0.345 e. The number of rotatable bonds is 7. The van der Waals surface area contributed by atoms with Crippen molar-refractivity contribution in [1.82, 2.24) is 5.32 Å². The monoisotopic (exact) mass is 449 g/mol. The van der Waals surface area contributed by atoms with Crippen molar-refractivity contribution in [2.24, 2.45) is 0 Å². The van der Waals surface area contributed by atoms with Crippen molar-refractivity contribution in [3.8, 4) is 6.07 Å². The van der Waals surface area contributed by atoms with Crippen LogP contribution in [0.5, 0.6) is 0 Å². The molecule has 0 fully saturated rings. The summed E-state index contributed by atoms with van der Waals surface area (Å²) in [6, 6.07) is 23.1. The van der Waals surface area contributed by atoms with Crippen molar-refractivity contribution in [3.05, 3.63) is 94.5 Å². The van der Waals surface area contributed by atoms with Gasteiger partial charge in [0.05, 0.1) is 29.0 Å². The van der Waals surface area contributed by atoms with Crippen LogP contribution in [0.4, 0.5) is 5.69 Å². The molecule has 1 unspecified atom stereocenters. The molecule has 0 saturated heterocycles. The maximum absolute atomic E-state index is 12.8. The van der Waals surface area contributed by atoms with E-state index in [1.807, 2.05) is 37.3 Å². The minimum atomic E-state index is -0.218. The summed E-state index contributed by atoms with van der Waals surface area (Å²) in [4.78, 5) is 25.9. The highest BCUT2D eigenvalue weighted by Crippen LogP contribution is 2.24. The Labute approximate surface area is 190 Å². The summed E-state index contributed by atoms with van der Waals surface area (Å²) >= 11 is 7.21. The molecule has 0 spiro atoms. The predicted octanol–water partition coefficient (Wildman–Crippen LogP) is 5.43. The molecule has 2 N–H and O–H groups in total. The zero-order valence-electron chi connectivity index (χ0n) is 16.8. The van der Waals surface area contributed by atoms with Crippen molar-refractivity contribution in [2.45, 2.75) is 17.9 Å². The van der Waals surface area contributed by atoms with E-state index in [1.54, 1.807) is 48.5 Å². The van der Waals surface area contributed by atoms with Crippen LogP contribution in [0.3, 0.4) is 0 Å². The first kappa shape index (κ1) is 22.4. The number of nitriles is 1. The number of carbonyl (C=O) groups is 2. The van der Waals surface area contributed by atoms with Crippen LogP contribution in [0.15, 0.2) is 77.7 Å². The van der Waals surface area contributed by atoms with Crippen LogP contribution in [0.2, 0.25) is 5.02 Å². The third kappa shape index (κ3) is 6.35. The van der Waals surface area contributed by atoms with E-state index in [2.05, 4.69) is 10.6 Å². The molecule has 156 valence electrons. The minimum absolute atomic E-state index is 0.133. The Morgan fingerprint density at radius 3 is 2.55 bits per heavy atom. The molecule has 0 aromatic heterocycles. The molecule has 2 amide bonds. The van der Waals surface area contributed by atoms with Gasteiger partial charge in [-0.15, -0.1) is 11.8 Å². The van der Waals surface area contributed by atoms with Gasteiger partial charge in [-0.05, 0) is 55.0 Å². The van der Waals surface area contributed by atoms with E-state index in [4.69, 9.17) is 16.9 Å². The fourth-order valence-corrected chi connectivity index (χ4v) is 3.87. The zero-order chi connectivity index (χ0) is 22.2. The number of carbonyl (C=O) groups excluding carboxylic acids is 2. The molecule has 3 rings (SSSR count). The van der Waals surface area contributed by atoms with Crippen LogP contribution < -0.4 is 10.6 Å². The summed E-state index contributed by atoms with van der Waals surface area (Å²) in [7, 11) is 0. The third-order valence-electron chi connectivity index (χ3n) is 4.48. The molecule has 0 heterocycles. The van der Waals surface area contributed by atoms with Gasteiger partial charge in [0.1, 0.15) is 0 Å². The number of nitrogens with zero attached hydrogens (tertiary/aromatic N) is 1. The van der Waals surface area contributed by atoms with Crippen LogP contribution in [0.25, 0.3) is 0 Å². The zero-order valence-corrected chi connectivity index (χ0v) is 18.3. The Balaban J connectivity index is 1.62. The van der Waals surface area contributed by atoms with Gasteiger partial charge < -0.3 is 10.6 Å². The second kappa shape index (κ2) is 10.7. The Morgan fingerprint density at radius 1 is 1.06 bits per heavy atom.